The minimum absolute atomic E-state index is 0. The van der Waals surface area contributed by atoms with E-state index in [1.165, 1.54) is 56.4 Å². The number of fused-ring (bicyclic) bond motifs is 3. The fourth-order valence-corrected chi connectivity index (χ4v) is 17.0. The molecule has 37 nitrogen and oxygen atoms in total. The quantitative estimate of drug-likeness (QED) is 0.0125. The van der Waals surface area contributed by atoms with E-state index < -0.39 is 90.6 Å². The summed E-state index contributed by atoms with van der Waals surface area (Å²) in [6, 6.07) is 32.7. The molecule has 0 aromatic heterocycles. The normalized spacial score (nSPS) is 28.8. The minimum Gasteiger partial charge on any atom is -0.478 e. The first kappa shape index (κ1) is 108. The van der Waals surface area contributed by atoms with Gasteiger partial charge in [0.1, 0.15) is 42.7 Å². The Morgan fingerprint density at radius 3 is 1.31 bits per heavy atom. The number of carbonyl (C=O) groups is 7. The molecule has 3 heterocycles. The number of benzene rings is 3. The molecule has 13 rings (SSSR count). The number of aliphatic carboxylic acids is 1. The van der Waals surface area contributed by atoms with Gasteiger partial charge in [0.15, 0.2) is 5.79 Å². The molecule has 0 spiro atoms. The van der Waals surface area contributed by atoms with E-state index in [4.69, 9.17) is 62.5 Å². The van der Waals surface area contributed by atoms with Gasteiger partial charge in [-0.15, -0.1) is 0 Å². The molecule has 668 valence electrons. The molecule has 0 amide bonds. The van der Waals surface area contributed by atoms with E-state index in [0.29, 0.717) is 59.6 Å². The van der Waals surface area contributed by atoms with Gasteiger partial charge in [-0.2, -0.15) is 8.42 Å². The maximum absolute atomic E-state index is 11.4. The Kier molecular flexibility index (Phi) is 45.7. The number of aliphatic hydroxyl groups excluding tert-OH is 6. The van der Waals surface area contributed by atoms with E-state index >= 15 is 0 Å². The third-order valence-electron chi connectivity index (χ3n) is 20.6. The number of ether oxygens (including phenoxy) is 9. The van der Waals surface area contributed by atoms with Crippen molar-refractivity contribution in [1.29, 1.82) is 0 Å². The van der Waals surface area contributed by atoms with Crippen LogP contribution in [0.25, 0.3) is 36.9 Å². The molecule has 0 saturated carbocycles. The molecule has 10 aliphatic rings. The number of allylic oxidation sites excluding steroid dienone is 1. The summed E-state index contributed by atoms with van der Waals surface area (Å²) in [6.45, 7) is 13.7. The zero-order valence-corrected chi connectivity index (χ0v) is 74.3. The number of carboxylic acids is 1. The number of hydrogen-bond donors (Lipinski definition) is 9. The van der Waals surface area contributed by atoms with E-state index in [0.717, 1.165) is 49.5 Å². The second-order valence-corrected chi connectivity index (χ2v) is 33.6. The predicted octanol–water partition coefficient (Wildman–Crippen LogP) is 4.29. The SMILES string of the molecule is C.COC(=O)C1=C[C@@H](C)[C@@H](C)[C@H](N=[N+]=[N-])C1.COC(=O)C1=C[C@@H](C)[C@@H]2N[C@@H]2C1.COC(=O)C1=C[C@@H](C)[C@H](N)[C@@H](N=[N+]=[N-])C1.COC(=O)C1=C[C@@H](C)[C@H]2O[C@H]2C1.COC(=O)C1=C[C@@H](O)[C@@H](O)[C@H](OS(C)(=O)=O)C1.COC(=O)C1=C[C@H]2OC(C)(C)O[C@H]2[C@H](O)C1.O=C(O)C1=C[C@@H](O)[C@@H](O)[C@H](O)C1.[N-]=[N+]=[N-].[Na+].c1ccc(P(c2ccccc2)c2ccccc2)cc1. The number of rotatable bonds is 14. The Morgan fingerprint density at radius 2 is 0.886 bits per heavy atom. The molecule has 3 saturated heterocycles. The first-order chi connectivity index (χ1) is 57.2. The molecule has 3 fully saturated rings. The summed E-state index contributed by atoms with van der Waals surface area (Å²) in [7, 11) is 3.77. The molecule has 3 aliphatic heterocycles. The number of nitrogens with two attached hydrogens (primary N) is 1. The maximum Gasteiger partial charge on any atom is 1.00 e. The van der Waals surface area contributed by atoms with E-state index in [1.807, 2.05) is 39.0 Å². The Bertz CT molecular complexity index is 4310. The molecule has 123 heavy (non-hydrogen) atoms. The molecule has 10 N–H and O–H groups in total. The van der Waals surface area contributed by atoms with Gasteiger partial charge in [0.2, 0.25) is 0 Å². The van der Waals surface area contributed by atoms with Gasteiger partial charge in [0.05, 0.1) is 79.4 Å². The van der Waals surface area contributed by atoms with Crippen LogP contribution in [0.2, 0.25) is 0 Å². The summed E-state index contributed by atoms with van der Waals surface area (Å²) in [6.07, 6.45) is 6.06. The predicted molar refractivity (Wildman–Crippen MR) is 449 cm³/mol. The van der Waals surface area contributed by atoms with Crippen molar-refractivity contribution in [1.82, 2.24) is 5.32 Å². The van der Waals surface area contributed by atoms with Crippen molar-refractivity contribution >= 4 is 75.7 Å². The Balaban J connectivity index is 0.000000362. The summed E-state index contributed by atoms with van der Waals surface area (Å²) in [5, 5.41) is 79.3. The largest absolute Gasteiger partial charge is 1.00 e. The average Bonchev–Trinajstić information content (AvgIpc) is 1.65. The Hall–Kier alpha value is -9.04. The number of methoxy groups -OCH3 is 6. The monoisotopic (exact) mass is 1770 g/mol. The van der Waals surface area contributed by atoms with Crippen LogP contribution < -0.4 is 56.5 Å². The molecule has 7 aliphatic carbocycles. The number of carbonyl (C=O) groups excluding carboxylic acids is 6. The first-order valence-corrected chi connectivity index (χ1v) is 41.5. The van der Waals surface area contributed by atoms with Crippen LogP contribution >= 0.6 is 7.92 Å². The van der Waals surface area contributed by atoms with Crippen molar-refractivity contribution in [3.05, 3.63) is 209 Å². The zero-order chi connectivity index (χ0) is 90.3. The van der Waals surface area contributed by atoms with Crippen LogP contribution in [0.4, 0.5) is 0 Å². The van der Waals surface area contributed by atoms with Gasteiger partial charge in [-0.25, -0.2) is 33.6 Å². The van der Waals surface area contributed by atoms with Crippen molar-refractivity contribution in [2.45, 2.75) is 204 Å². The molecule has 3 aromatic carbocycles. The standard InChI is InChI=1S/C18H15P.C11H16O5.C10H15N3O2.C9H14N4O2.C9H13NO2.C9H14O7S.C9H12O3.C7H10O5.CH4.N3.Na/c1-4-10-16(11-5-1)19(17-12-6-2-7-13-17)18-14-8-3-9-15-18;1-11(2)15-8-5-6(10(13)14-3)4-7(12)9(8)16-11;1-6-4-8(10(14)15-3)5-9(7(6)2)12-13-11;1-5-3-6(9(14)15-2)4-7(8(5)10)12-13-11;1-5-3-6(9(11)12-2)4-7-8(5)10-7;1-15-9(12)5-3-6(10)8(11)7(4-5)16-17(2,13)14;1-5-3-6(9(10)11-2)4-7-8(5)12-7;8-4-1-3(7(11)12)2-5(9)6(4)10;;1-3-2;/h1-15H;5,7-9,12H,4H2,1-3H3;4,6-7,9H,5H2,1-3H3;3,5,7-8H,4,10H2,1-2H3;3,5,7-8,10H,4H2,1-2H3;3,6-8,10-11H,4H2,1-2H3;3,5,7-8H,4H2,1-2H3;1,4-6,8-10H,2H2,(H,11,12);1H4;;/q;;;;;;;;;-1;+1/t;7-,8-,9+;6-,7-,9-;5-,7+,8+;5-,7-,8+;6-,7-,8-;5-,7+,8-;4-,5-,6-;;;/m.1111111.../s1. The number of azide groups is 2. The van der Waals surface area contributed by atoms with Crippen molar-refractivity contribution in [2.75, 3.05) is 48.9 Å². The number of nitrogens with one attached hydrogen (secondary N) is 1. The Morgan fingerprint density at radius 1 is 0.504 bits per heavy atom. The van der Waals surface area contributed by atoms with Crippen LogP contribution in [-0.4, -0.2) is 238 Å². The number of nitrogens with zero attached hydrogens (tertiary/aromatic N) is 9. The van der Waals surface area contributed by atoms with Gasteiger partial charge < -0.3 is 100 Å². The summed E-state index contributed by atoms with van der Waals surface area (Å²) in [5.41, 5.74) is 39.3. The second kappa shape index (κ2) is 52.0. The minimum atomic E-state index is -3.79. The molecule has 0 bridgehead atoms. The van der Waals surface area contributed by atoms with Crippen molar-refractivity contribution in [3.63, 3.8) is 0 Å². The van der Waals surface area contributed by atoms with Gasteiger partial charge >= 0.3 is 71.3 Å². The van der Waals surface area contributed by atoms with Crippen LogP contribution in [0.1, 0.15) is 101 Å². The molecule has 0 radical (unpaired) electrons. The number of epoxide rings is 1. The van der Waals surface area contributed by atoms with E-state index in [1.54, 1.807) is 26.0 Å². The van der Waals surface area contributed by atoms with Gasteiger partial charge in [0, 0.05) is 105 Å². The fourth-order valence-electron chi connectivity index (χ4n) is 14.1. The average molecular weight is 1770 g/mol. The third kappa shape index (κ3) is 33.4. The van der Waals surface area contributed by atoms with Gasteiger partial charge in [-0.05, 0) is 110 Å². The number of aliphatic hydroxyl groups is 6. The summed E-state index contributed by atoms with van der Waals surface area (Å²) >= 11 is 0. The molecule has 3 aromatic rings. The maximum atomic E-state index is 11.4. The molecular formula is C83H113N11NaO26PS. The third-order valence-corrected chi connectivity index (χ3v) is 23.6. The molecule has 21 atom stereocenters. The topological polar surface area (TPSA) is 595 Å². The number of esters is 6. The second-order valence-electron chi connectivity index (χ2n) is 29.8. The van der Waals surface area contributed by atoms with Gasteiger partial charge in [0.25, 0.3) is 10.1 Å². The van der Waals surface area contributed by atoms with Crippen LogP contribution in [0, 0.1) is 29.6 Å². The van der Waals surface area contributed by atoms with E-state index in [2.05, 4.69) is 163 Å². The van der Waals surface area contributed by atoms with Crippen molar-refractivity contribution in [2.24, 2.45) is 45.6 Å². The van der Waals surface area contributed by atoms with Crippen LogP contribution in [-0.2, 0) is 90.5 Å². The van der Waals surface area contributed by atoms with Gasteiger partial charge in [-0.1, -0.05) is 168 Å². The number of hydrogen-bond acceptors (Lipinski definition) is 29. The van der Waals surface area contributed by atoms with Crippen LogP contribution in [0.5, 0.6) is 0 Å². The van der Waals surface area contributed by atoms with E-state index in [9.17, 15) is 57.3 Å². The van der Waals surface area contributed by atoms with E-state index in [-0.39, 0.29) is 139 Å². The zero-order valence-electron chi connectivity index (χ0n) is 70.6. The molecular weight excluding hydrogens is 1650 g/mol. The fraction of sp³-hybridized carbons (Fsp3) is 0.530. The number of carboxylic acid groups (broad SMARTS) is 1. The Labute approximate surface area is 738 Å². The van der Waals surface area contributed by atoms with Gasteiger partial charge in [-0.3, -0.25) is 9.09 Å². The molecule has 40 heteroatoms. The van der Waals surface area contributed by atoms with Crippen molar-refractivity contribution in [3.8, 4) is 0 Å². The first-order valence-electron chi connectivity index (χ1n) is 38.4. The van der Waals surface area contributed by atoms with Crippen LogP contribution in [0.15, 0.2) is 183 Å². The molecule has 0 unspecified atom stereocenters. The smallest absolute Gasteiger partial charge is 0.478 e. The summed E-state index contributed by atoms with van der Waals surface area (Å²) in [4.78, 5) is 85.0. The van der Waals surface area contributed by atoms with Crippen LogP contribution in [0.3, 0.4) is 0 Å². The summed E-state index contributed by atoms with van der Waals surface area (Å²) < 4.78 is 70.6. The van der Waals surface area contributed by atoms with Crippen molar-refractivity contribution < 1.29 is 154 Å². The summed E-state index contributed by atoms with van der Waals surface area (Å²) in [5.74, 6) is -2.80.